The van der Waals surface area contributed by atoms with Crippen LogP contribution in [0.2, 0.25) is 0 Å². The largest absolute Gasteiger partial charge is 0.490 e. The fourth-order valence-electron chi connectivity index (χ4n) is 6.47. The van der Waals surface area contributed by atoms with E-state index in [2.05, 4.69) is 15.0 Å². The fourth-order valence-corrected chi connectivity index (χ4v) is 6.47. The number of benzene rings is 5. The summed E-state index contributed by atoms with van der Waals surface area (Å²) in [4.78, 5) is 56.6. The molecule has 8 rings (SSSR count). The number of ether oxygens (including phenoxy) is 3. The Morgan fingerprint density at radius 2 is 1.09 bits per heavy atom. The van der Waals surface area contributed by atoms with Gasteiger partial charge in [0.15, 0.2) is 17.5 Å². The van der Waals surface area contributed by atoms with Crippen LogP contribution in [0.15, 0.2) is 133 Å². The number of pyridine rings is 3. The van der Waals surface area contributed by atoms with Crippen LogP contribution >= 0.6 is 0 Å². The van der Waals surface area contributed by atoms with Crippen LogP contribution < -0.4 is 14.2 Å². The van der Waals surface area contributed by atoms with Gasteiger partial charge in [0, 0.05) is 28.3 Å². The highest BCUT2D eigenvalue weighted by Gasteiger charge is 2.22. The van der Waals surface area contributed by atoms with Gasteiger partial charge in [-0.2, -0.15) is 0 Å². The maximum Gasteiger partial charge on any atom is 0.354 e. The Bertz CT molecular complexity index is 3060. The van der Waals surface area contributed by atoms with E-state index in [0.29, 0.717) is 22.8 Å². The molecule has 336 valence electrons. The Morgan fingerprint density at radius 1 is 0.545 bits per heavy atom. The number of aliphatic carboxylic acids is 1. The number of aryl methyl sites for hydroxylation is 2. The molecule has 66 heavy (non-hydrogen) atoms. The molecule has 0 aliphatic heterocycles. The number of aromatic nitrogens is 3. The SMILES string of the molecule is Cc1cccc(OCCOc2cc(C(=O)O)nc3ccc(F)cc23)c1C.O=C(O)c1cc(OC(CCc2ccccc2)C(=O)O)c2cc(F)ccc2n1.O=C(O)c1ccc2ccccc2n1. The monoisotopic (exact) mass is 897 g/mol. The van der Waals surface area contributed by atoms with Crippen molar-refractivity contribution >= 4 is 56.6 Å². The zero-order chi connectivity index (χ0) is 47.3. The number of carbonyl (C=O) groups is 4. The maximum atomic E-state index is 13.6. The lowest BCUT2D eigenvalue weighted by atomic mass is 10.1. The van der Waals surface area contributed by atoms with Gasteiger partial charge in [0.2, 0.25) is 0 Å². The summed E-state index contributed by atoms with van der Waals surface area (Å²) in [7, 11) is 0. The van der Waals surface area contributed by atoms with Crippen molar-refractivity contribution in [3.63, 3.8) is 0 Å². The van der Waals surface area contributed by atoms with Crippen LogP contribution in [0.25, 0.3) is 32.7 Å². The molecule has 8 aromatic rings. The average molecular weight is 898 g/mol. The van der Waals surface area contributed by atoms with Crippen molar-refractivity contribution in [2.24, 2.45) is 0 Å². The van der Waals surface area contributed by atoms with E-state index in [-0.39, 0.29) is 59.1 Å². The van der Waals surface area contributed by atoms with Crippen LogP contribution in [-0.4, -0.2) is 78.6 Å². The predicted octanol–water partition coefficient (Wildman–Crippen LogP) is 9.62. The molecule has 0 spiro atoms. The summed E-state index contributed by atoms with van der Waals surface area (Å²) in [5, 5.41) is 38.1. The Balaban J connectivity index is 0.000000173. The molecule has 0 saturated carbocycles. The highest BCUT2D eigenvalue weighted by molar-refractivity contribution is 5.94. The van der Waals surface area contributed by atoms with Gasteiger partial charge in [-0.3, -0.25) is 0 Å². The lowest BCUT2D eigenvalue weighted by Gasteiger charge is -2.17. The summed E-state index contributed by atoms with van der Waals surface area (Å²) in [6.07, 6.45) is -0.595. The third-order valence-corrected chi connectivity index (χ3v) is 9.96. The first-order valence-corrected chi connectivity index (χ1v) is 20.2. The third kappa shape index (κ3) is 12.3. The predicted molar refractivity (Wildman–Crippen MR) is 240 cm³/mol. The number of rotatable bonds is 14. The van der Waals surface area contributed by atoms with E-state index in [9.17, 15) is 43.3 Å². The van der Waals surface area contributed by atoms with Crippen molar-refractivity contribution in [3.05, 3.63) is 179 Å². The van der Waals surface area contributed by atoms with E-state index in [1.54, 1.807) is 12.1 Å². The van der Waals surface area contributed by atoms with Crippen LogP contribution in [0.5, 0.6) is 17.2 Å². The normalized spacial score (nSPS) is 11.1. The number of hydrogen-bond donors (Lipinski definition) is 4. The highest BCUT2D eigenvalue weighted by Crippen LogP contribution is 2.29. The Kier molecular flexibility index (Phi) is 15.4. The van der Waals surface area contributed by atoms with Gasteiger partial charge in [-0.15, -0.1) is 0 Å². The lowest BCUT2D eigenvalue weighted by Crippen LogP contribution is -2.28. The molecule has 0 fully saturated rings. The van der Waals surface area contributed by atoms with Crippen molar-refractivity contribution in [3.8, 4) is 17.2 Å². The second kappa shape index (κ2) is 21.7. The van der Waals surface area contributed by atoms with Gasteiger partial charge in [0.1, 0.15) is 47.8 Å². The Hall–Kier alpha value is -8.53. The minimum absolute atomic E-state index is 0.0302. The molecule has 1 atom stereocenters. The quantitative estimate of drug-likeness (QED) is 0.0748. The summed E-state index contributed by atoms with van der Waals surface area (Å²) in [5.41, 5.74) is 4.02. The van der Waals surface area contributed by atoms with E-state index < -0.39 is 41.6 Å². The summed E-state index contributed by atoms with van der Waals surface area (Å²) in [6, 6.07) is 35.7. The number of halogens is 2. The summed E-state index contributed by atoms with van der Waals surface area (Å²) in [6.45, 7) is 4.43. The van der Waals surface area contributed by atoms with Gasteiger partial charge in [0.05, 0.1) is 16.6 Å². The number of carboxylic acid groups (broad SMARTS) is 4. The molecular formula is C50H41F2N3O11. The molecule has 5 aromatic carbocycles. The molecule has 16 heteroatoms. The smallest absolute Gasteiger partial charge is 0.354 e. The van der Waals surface area contributed by atoms with Gasteiger partial charge in [-0.1, -0.05) is 66.7 Å². The second-order valence-electron chi connectivity index (χ2n) is 14.5. The van der Waals surface area contributed by atoms with Crippen molar-refractivity contribution in [1.82, 2.24) is 15.0 Å². The molecule has 3 heterocycles. The molecular weight excluding hydrogens is 857 g/mol. The minimum Gasteiger partial charge on any atom is -0.490 e. The second-order valence-corrected chi connectivity index (χ2v) is 14.5. The molecule has 1 unspecified atom stereocenters. The van der Waals surface area contributed by atoms with Crippen molar-refractivity contribution in [2.45, 2.75) is 32.8 Å². The fraction of sp³-hybridized carbons (Fsp3) is 0.140. The van der Waals surface area contributed by atoms with E-state index in [0.717, 1.165) is 46.0 Å². The number of para-hydroxylation sites is 1. The summed E-state index contributed by atoms with van der Waals surface area (Å²) >= 11 is 0. The average Bonchev–Trinajstić information content (AvgIpc) is 3.30. The van der Waals surface area contributed by atoms with Crippen LogP contribution in [0, 0.1) is 25.5 Å². The molecule has 3 aromatic heterocycles. The zero-order valence-corrected chi connectivity index (χ0v) is 35.4. The molecule has 0 radical (unpaired) electrons. The standard InChI is InChI=1S/C20H16FNO5.C20H18FNO4.C10H7NO2/c21-13-7-8-15-14(10-13)18(11-16(22-15)19(23)24)27-17(20(25)26)9-6-12-4-2-1-3-5-12;1-12-4-3-5-18(13(12)2)25-8-9-26-19-11-17(20(23)24)22-16-7-6-14(21)10-15(16)19;12-10(13)9-6-5-7-3-1-2-4-8(7)11-9/h1-5,7-8,10-11,17H,6,9H2,(H,23,24)(H,25,26);3-7,10-11H,8-9H2,1-2H3,(H,23,24);1-6H,(H,12,13). The molecule has 14 nitrogen and oxygen atoms in total. The number of carboxylic acids is 4. The van der Waals surface area contributed by atoms with Crippen molar-refractivity contribution in [1.29, 1.82) is 0 Å². The van der Waals surface area contributed by atoms with Crippen LogP contribution in [-0.2, 0) is 11.2 Å². The van der Waals surface area contributed by atoms with E-state index in [4.69, 9.17) is 19.3 Å². The number of fused-ring (bicyclic) bond motifs is 3. The van der Waals surface area contributed by atoms with Crippen LogP contribution in [0.1, 0.15) is 54.6 Å². The van der Waals surface area contributed by atoms with Gasteiger partial charge in [0.25, 0.3) is 0 Å². The first-order valence-electron chi connectivity index (χ1n) is 20.2. The van der Waals surface area contributed by atoms with Crippen molar-refractivity contribution in [2.75, 3.05) is 13.2 Å². The van der Waals surface area contributed by atoms with Gasteiger partial charge >= 0.3 is 23.9 Å². The van der Waals surface area contributed by atoms with Gasteiger partial charge in [-0.25, -0.2) is 42.9 Å². The summed E-state index contributed by atoms with van der Waals surface area (Å²) in [5.74, 6) is -4.66. The molecule has 0 saturated heterocycles. The third-order valence-electron chi connectivity index (χ3n) is 9.96. The molecule has 0 aliphatic carbocycles. The summed E-state index contributed by atoms with van der Waals surface area (Å²) < 4.78 is 44.1. The van der Waals surface area contributed by atoms with E-state index >= 15 is 0 Å². The number of hydrogen-bond acceptors (Lipinski definition) is 10. The highest BCUT2D eigenvalue weighted by atomic mass is 19.1. The Labute approximate surface area is 375 Å². The van der Waals surface area contributed by atoms with E-state index in [1.165, 1.54) is 36.4 Å². The Morgan fingerprint density at radius 3 is 1.70 bits per heavy atom. The van der Waals surface area contributed by atoms with Crippen LogP contribution in [0.4, 0.5) is 8.78 Å². The van der Waals surface area contributed by atoms with Crippen LogP contribution in [0.3, 0.4) is 0 Å². The topological polar surface area (TPSA) is 216 Å². The van der Waals surface area contributed by atoms with Crippen molar-refractivity contribution < 1.29 is 62.6 Å². The number of aromatic carboxylic acids is 3. The molecule has 0 bridgehead atoms. The first kappa shape index (κ1) is 47.0. The zero-order valence-electron chi connectivity index (χ0n) is 35.4. The van der Waals surface area contributed by atoms with Gasteiger partial charge in [-0.05, 0) is 98.0 Å². The van der Waals surface area contributed by atoms with E-state index in [1.807, 2.05) is 80.6 Å². The maximum absolute atomic E-state index is 13.6. The molecule has 4 N–H and O–H groups in total. The van der Waals surface area contributed by atoms with Gasteiger partial charge < -0.3 is 34.6 Å². The molecule has 0 aliphatic rings. The number of nitrogens with zero attached hydrogens (tertiary/aromatic N) is 3. The first-order chi connectivity index (χ1) is 31.7. The molecule has 0 amide bonds. The minimum atomic E-state index is -1.29. The lowest BCUT2D eigenvalue weighted by molar-refractivity contribution is -0.145.